The van der Waals surface area contributed by atoms with Crippen molar-refractivity contribution in [1.82, 2.24) is 10.2 Å². The highest BCUT2D eigenvalue weighted by Crippen LogP contribution is 2.26. The fraction of sp³-hybridized carbons (Fsp3) is 0.619. The Morgan fingerprint density at radius 3 is 2.19 bits per heavy atom. The number of ether oxygens (including phenoxy) is 1. The van der Waals surface area contributed by atoms with Crippen LogP contribution >= 0.6 is 0 Å². The zero-order valence-corrected chi connectivity index (χ0v) is 17.6. The Balaban J connectivity index is 0.00000176. The van der Waals surface area contributed by atoms with Gasteiger partial charge in [-0.15, -0.1) is 0 Å². The maximum atomic E-state index is 11.8. The summed E-state index contributed by atoms with van der Waals surface area (Å²) in [5.41, 5.74) is 1.29. The zero-order chi connectivity index (χ0) is 20.4. The Bertz CT molecular complexity index is 590. The molecule has 2 amide bonds. The zero-order valence-electron chi connectivity index (χ0n) is 17.6. The van der Waals surface area contributed by atoms with Crippen LogP contribution < -0.4 is 10.6 Å². The van der Waals surface area contributed by atoms with E-state index in [0.717, 1.165) is 24.9 Å². The summed E-state index contributed by atoms with van der Waals surface area (Å²) in [6.07, 6.45) is 3.06. The lowest BCUT2D eigenvalue weighted by Gasteiger charge is -2.37. The average molecular weight is 378 g/mol. The van der Waals surface area contributed by atoms with E-state index in [1.54, 1.807) is 7.05 Å². The van der Waals surface area contributed by atoms with Crippen LogP contribution in [0.5, 0.6) is 0 Å². The monoisotopic (exact) mass is 377 g/mol. The standard InChI is InChI=1S/C19H29N3O3.C2H6/c1-19(2,3)25-18(24)21-15-10-8-14(9-11-15)12-22(13-17(23)20-4)16-6-5-7-16;1-2/h8-11,16H,5-7,12-13H2,1-4H3,(H,20,23)(H,21,24);1-2H3. The predicted octanol–water partition coefficient (Wildman–Crippen LogP) is 4.16. The molecule has 0 unspecified atom stereocenters. The molecule has 0 heterocycles. The Hall–Kier alpha value is -2.08. The molecule has 2 rings (SSSR count). The second-order valence-electron chi connectivity index (χ2n) is 7.49. The van der Waals surface area contributed by atoms with E-state index in [1.807, 2.05) is 58.9 Å². The molecular formula is C21H35N3O3. The first-order valence-electron chi connectivity index (χ1n) is 9.80. The van der Waals surface area contributed by atoms with Gasteiger partial charge in [-0.05, 0) is 51.3 Å². The van der Waals surface area contributed by atoms with Gasteiger partial charge in [-0.2, -0.15) is 0 Å². The number of nitrogens with zero attached hydrogens (tertiary/aromatic N) is 1. The van der Waals surface area contributed by atoms with Gasteiger partial charge in [-0.3, -0.25) is 15.0 Å². The second kappa shape index (κ2) is 10.9. The lowest BCUT2D eigenvalue weighted by molar-refractivity contribution is -0.123. The molecule has 1 saturated carbocycles. The van der Waals surface area contributed by atoms with E-state index in [1.165, 1.54) is 6.42 Å². The maximum Gasteiger partial charge on any atom is 0.412 e. The van der Waals surface area contributed by atoms with Crippen molar-refractivity contribution >= 4 is 17.7 Å². The minimum absolute atomic E-state index is 0.0371. The fourth-order valence-electron chi connectivity index (χ4n) is 2.68. The molecule has 152 valence electrons. The van der Waals surface area contributed by atoms with E-state index in [0.29, 0.717) is 18.3 Å². The van der Waals surface area contributed by atoms with Gasteiger partial charge in [0.1, 0.15) is 5.60 Å². The number of nitrogens with one attached hydrogen (secondary N) is 2. The quantitative estimate of drug-likeness (QED) is 0.781. The van der Waals surface area contributed by atoms with E-state index in [-0.39, 0.29) is 5.91 Å². The smallest absolute Gasteiger partial charge is 0.412 e. The first-order valence-corrected chi connectivity index (χ1v) is 9.80. The molecule has 0 spiro atoms. The van der Waals surface area contributed by atoms with Crippen LogP contribution in [-0.4, -0.2) is 42.1 Å². The van der Waals surface area contributed by atoms with Gasteiger partial charge in [0.15, 0.2) is 0 Å². The molecule has 0 aliphatic heterocycles. The van der Waals surface area contributed by atoms with Crippen LogP contribution in [0.25, 0.3) is 0 Å². The third-order valence-electron chi connectivity index (χ3n) is 4.20. The molecule has 1 aromatic rings. The summed E-state index contributed by atoms with van der Waals surface area (Å²) < 4.78 is 5.24. The fourth-order valence-corrected chi connectivity index (χ4v) is 2.68. The molecule has 0 saturated heterocycles. The van der Waals surface area contributed by atoms with Gasteiger partial charge in [0.25, 0.3) is 0 Å². The lowest BCUT2D eigenvalue weighted by atomic mass is 9.91. The highest BCUT2D eigenvalue weighted by molar-refractivity contribution is 5.84. The van der Waals surface area contributed by atoms with Crippen LogP contribution in [-0.2, 0) is 16.1 Å². The molecule has 1 aromatic carbocycles. The van der Waals surface area contributed by atoms with Gasteiger partial charge < -0.3 is 10.1 Å². The third-order valence-corrected chi connectivity index (χ3v) is 4.20. The number of likely N-dealkylation sites (N-methyl/N-ethyl adjacent to an activating group) is 1. The molecule has 2 N–H and O–H groups in total. The maximum absolute atomic E-state index is 11.8. The van der Waals surface area contributed by atoms with Crippen LogP contribution in [0.3, 0.4) is 0 Å². The van der Waals surface area contributed by atoms with Crippen LogP contribution in [0.1, 0.15) is 59.4 Å². The van der Waals surface area contributed by atoms with Crippen molar-refractivity contribution in [3.8, 4) is 0 Å². The molecule has 1 aliphatic rings. The predicted molar refractivity (Wildman–Crippen MR) is 110 cm³/mol. The minimum Gasteiger partial charge on any atom is -0.444 e. The van der Waals surface area contributed by atoms with Gasteiger partial charge >= 0.3 is 6.09 Å². The third kappa shape index (κ3) is 8.43. The molecule has 0 bridgehead atoms. The topological polar surface area (TPSA) is 70.7 Å². The summed E-state index contributed by atoms with van der Waals surface area (Å²) in [7, 11) is 1.67. The molecule has 1 fully saturated rings. The summed E-state index contributed by atoms with van der Waals surface area (Å²) in [6.45, 7) is 10.6. The number of hydrogen-bond acceptors (Lipinski definition) is 4. The molecule has 6 nitrogen and oxygen atoms in total. The number of carbonyl (C=O) groups is 2. The summed E-state index contributed by atoms with van der Waals surface area (Å²) in [6, 6.07) is 8.15. The number of hydrogen-bond donors (Lipinski definition) is 2. The van der Waals surface area contributed by atoms with Gasteiger partial charge in [-0.1, -0.05) is 32.4 Å². The molecule has 0 radical (unpaired) electrons. The summed E-state index contributed by atoms with van der Waals surface area (Å²) in [4.78, 5) is 25.7. The van der Waals surface area contributed by atoms with E-state index in [9.17, 15) is 9.59 Å². The number of anilines is 1. The van der Waals surface area contributed by atoms with E-state index in [2.05, 4.69) is 15.5 Å². The molecular weight excluding hydrogens is 342 g/mol. The SMILES string of the molecule is CC.CNC(=O)CN(Cc1ccc(NC(=O)OC(C)(C)C)cc1)C1CCC1. The lowest BCUT2D eigenvalue weighted by Crippen LogP contribution is -2.44. The van der Waals surface area contributed by atoms with E-state index in [4.69, 9.17) is 4.74 Å². The highest BCUT2D eigenvalue weighted by Gasteiger charge is 2.26. The van der Waals surface area contributed by atoms with Crippen molar-refractivity contribution in [2.45, 2.75) is 72.1 Å². The van der Waals surface area contributed by atoms with Gasteiger partial charge in [0.2, 0.25) is 5.91 Å². The number of rotatable bonds is 6. The van der Waals surface area contributed by atoms with Crippen LogP contribution in [0.4, 0.5) is 10.5 Å². The number of amides is 2. The highest BCUT2D eigenvalue weighted by atomic mass is 16.6. The van der Waals surface area contributed by atoms with Gasteiger partial charge in [0, 0.05) is 25.3 Å². The van der Waals surface area contributed by atoms with Crippen LogP contribution in [0.15, 0.2) is 24.3 Å². The van der Waals surface area contributed by atoms with Gasteiger partial charge in [-0.25, -0.2) is 4.79 Å². The van der Waals surface area contributed by atoms with Crippen molar-refractivity contribution in [3.05, 3.63) is 29.8 Å². The molecule has 0 atom stereocenters. The van der Waals surface area contributed by atoms with E-state index >= 15 is 0 Å². The minimum atomic E-state index is -0.521. The Morgan fingerprint density at radius 2 is 1.74 bits per heavy atom. The number of carbonyl (C=O) groups excluding carboxylic acids is 2. The average Bonchev–Trinajstić information content (AvgIpc) is 2.55. The Labute approximate surface area is 163 Å². The largest absolute Gasteiger partial charge is 0.444 e. The van der Waals surface area contributed by atoms with Gasteiger partial charge in [0.05, 0.1) is 6.54 Å². The van der Waals surface area contributed by atoms with Crippen molar-refractivity contribution in [1.29, 1.82) is 0 Å². The summed E-state index contributed by atoms with van der Waals surface area (Å²) in [5.74, 6) is 0.0371. The molecule has 1 aliphatic carbocycles. The van der Waals surface area contributed by atoms with Crippen molar-refractivity contribution in [3.63, 3.8) is 0 Å². The summed E-state index contributed by atoms with van der Waals surface area (Å²) >= 11 is 0. The van der Waals surface area contributed by atoms with E-state index < -0.39 is 11.7 Å². The van der Waals surface area contributed by atoms with Crippen molar-refractivity contribution in [2.24, 2.45) is 0 Å². The first kappa shape index (κ1) is 23.0. The van der Waals surface area contributed by atoms with Crippen LogP contribution in [0, 0.1) is 0 Å². The normalized spacial score (nSPS) is 13.9. The Kier molecular flexibility index (Phi) is 9.29. The molecule has 6 heteroatoms. The Morgan fingerprint density at radius 1 is 1.15 bits per heavy atom. The second-order valence-corrected chi connectivity index (χ2v) is 7.49. The first-order chi connectivity index (χ1) is 12.8. The van der Waals surface area contributed by atoms with Crippen molar-refractivity contribution < 1.29 is 14.3 Å². The molecule has 27 heavy (non-hydrogen) atoms. The molecule has 0 aromatic heterocycles. The van der Waals surface area contributed by atoms with Crippen molar-refractivity contribution in [2.75, 3.05) is 18.9 Å². The van der Waals surface area contributed by atoms with Crippen LogP contribution in [0.2, 0.25) is 0 Å². The number of benzene rings is 1. The summed E-state index contributed by atoms with van der Waals surface area (Å²) in [5, 5.41) is 5.42.